The third-order valence-corrected chi connectivity index (χ3v) is 3.62. The number of methoxy groups -OCH3 is 1. The topological polar surface area (TPSA) is 48.0 Å². The summed E-state index contributed by atoms with van der Waals surface area (Å²) >= 11 is 0. The van der Waals surface area contributed by atoms with Gasteiger partial charge in [-0.25, -0.2) is 4.79 Å². The van der Waals surface area contributed by atoms with Crippen molar-refractivity contribution in [3.63, 3.8) is 0 Å². The highest BCUT2D eigenvalue weighted by Crippen LogP contribution is 2.24. The first-order chi connectivity index (χ1) is 11.3. The lowest BCUT2D eigenvalue weighted by molar-refractivity contribution is 0.0718. The zero-order valence-corrected chi connectivity index (χ0v) is 13.0. The number of nitrogens with zero attached hydrogens (tertiary/aromatic N) is 1. The Morgan fingerprint density at radius 2 is 1.87 bits per heavy atom. The Balaban J connectivity index is 1.60. The number of carbonyl (C=O) groups excluding carboxylic acids is 1. The minimum Gasteiger partial charge on any atom is -0.489 e. The molecular formula is C18H19NO4. The third-order valence-electron chi connectivity index (χ3n) is 3.62. The number of anilines is 1. The fourth-order valence-electron chi connectivity index (χ4n) is 2.47. The van der Waals surface area contributed by atoms with Crippen LogP contribution in [0.4, 0.5) is 10.5 Å². The van der Waals surface area contributed by atoms with E-state index in [1.165, 1.54) is 0 Å². The molecule has 0 saturated carbocycles. The Morgan fingerprint density at radius 3 is 2.57 bits per heavy atom. The van der Waals surface area contributed by atoms with Gasteiger partial charge in [0.05, 0.1) is 13.2 Å². The summed E-state index contributed by atoms with van der Waals surface area (Å²) in [5.41, 5.74) is 1.91. The van der Waals surface area contributed by atoms with Crippen LogP contribution in [0.15, 0.2) is 54.6 Å². The molecule has 0 spiro atoms. The second-order valence-corrected chi connectivity index (χ2v) is 5.34. The van der Waals surface area contributed by atoms with Crippen LogP contribution >= 0.6 is 0 Å². The molecule has 23 heavy (non-hydrogen) atoms. The molecule has 5 nitrogen and oxygen atoms in total. The second-order valence-electron chi connectivity index (χ2n) is 5.34. The smallest absolute Gasteiger partial charge is 0.414 e. The van der Waals surface area contributed by atoms with E-state index in [1.54, 1.807) is 12.0 Å². The summed E-state index contributed by atoms with van der Waals surface area (Å²) < 4.78 is 16.0. The monoisotopic (exact) mass is 313 g/mol. The Morgan fingerprint density at radius 1 is 1.13 bits per heavy atom. The predicted molar refractivity (Wildman–Crippen MR) is 86.7 cm³/mol. The van der Waals surface area contributed by atoms with Crippen molar-refractivity contribution in [2.75, 3.05) is 25.2 Å². The van der Waals surface area contributed by atoms with E-state index in [1.807, 2.05) is 54.6 Å². The van der Waals surface area contributed by atoms with Crippen molar-refractivity contribution in [2.24, 2.45) is 0 Å². The molecule has 1 heterocycles. The fraction of sp³-hybridized carbons (Fsp3) is 0.278. The molecule has 0 N–H and O–H groups in total. The van der Waals surface area contributed by atoms with Crippen LogP contribution < -0.4 is 9.64 Å². The maximum atomic E-state index is 11.9. The first-order valence-corrected chi connectivity index (χ1v) is 7.50. The minimum absolute atomic E-state index is 0.221. The molecule has 120 valence electrons. The van der Waals surface area contributed by atoms with E-state index in [0.29, 0.717) is 19.8 Å². The summed E-state index contributed by atoms with van der Waals surface area (Å²) in [5, 5.41) is 0. The van der Waals surface area contributed by atoms with Crippen LogP contribution in [0, 0.1) is 0 Å². The number of hydrogen-bond acceptors (Lipinski definition) is 4. The SMILES string of the molecule is COC[C@@H]1CN(c2ccc(OCc3ccccc3)cc2)C(=O)O1. The van der Waals surface area contributed by atoms with Crippen molar-refractivity contribution in [1.29, 1.82) is 0 Å². The van der Waals surface area contributed by atoms with E-state index >= 15 is 0 Å². The van der Waals surface area contributed by atoms with Crippen LogP contribution in [-0.4, -0.2) is 32.5 Å². The molecule has 0 unspecified atom stereocenters. The van der Waals surface area contributed by atoms with Gasteiger partial charge in [0, 0.05) is 12.8 Å². The number of rotatable bonds is 6. The highest BCUT2D eigenvalue weighted by Gasteiger charge is 2.32. The Kier molecular flexibility index (Phi) is 4.78. The molecule has 0 radical (unpaired) electrons. The van der Waals surface area contributed by atoms with Crippen LogP contribution in [0.25, 0.3) is 0 Å². The quantitative estimate of drug-likeness (QED) is 0.821. The average Bonchev–Trinajstić information content (AvgIpc) is 2.95. The summed E-state index contributed by atoms with van der Waals surface area (Å²) in [6.07, 6.45) is -0.563. The van der Waals surface area contributed by atoms with Gasteiger partial charge in [-0.05, 0) is 29.8 Å². The highest BCUT2D eigenvalue weighted by molar-refractivity contribution is 5.89. The molecule has 1 aliphatic heterocycles. The molecule has 5 heteroatoms. The van der Waals surface area contributed by atoms with Crippen molar-refractivity contribution >= 4 is 11.8 Å². The number of hydrogen-bond donors (Lipinski definition) is 0. The van der Waals surface area contributed by atoms with Crippen LogP contribution in [0.3, 0.4) is 0 Å². The van der Waals surface area contributed by atoms with Crippen molar-refractivity contribution in [2.45, 2.75) is 12.7 Å². The van der Waals surface area contributed by atoms with E-state index < -0.39 is 0 Å². The number of ether oxygens (including phenoxy) is 3. The lowest BCUT2D eigenvalue weighted by atomic mass is 10.2. The summed E-state index contributed by atoms with van der Waals surface area (Å²) in [7, 11) is 1.59. The molecule has 1 atom stereocenters. The molecule has 2 aromatic rings. The summed E-state index contributed by atoms with van der Waals surface area (Å²) in [4.78, 5) is 13.5. The summed E-state index contributed by atoms with van der Waals surface area (Å²) in [6, 6.07) is 17.4. The van der Waals surface area contributed by atoms with Crippen LogP contribution in [0.5, 0.6) is 5.75 Å². The summed E-state index contributed by atoms with van der Waals surface area (Å²) in [5.74, 6) is 0.763. The van der Waals surface area contributed by atoms with Crippen LogP contribution in [0.2, 0.25) is 0 Å². The van der Waals surface area contributed by atoms with E-state index in [0.717, 1.165) is 17.0 Å². The van der Waals surface area contributed by atoms with Gasteiger partial charge in [-0.3, -0.25) is 4.90 Å². The largest absolute Gasteiger partial charge is 0.489 e. The second kappa shape index (κ2) is 7.15. The number of carbonyl (C=O) groups is 1. The molecule has 0 bridgehead atoms. The van der Waals surface area contributed by atoms with Gasteiger partial charge < -0.3 is 14.2 Å². The Hall–Kier alpha value is -2.53. The van der Waals surface area contributed by atoms with Crippen molar-refractivity contribution in [1.82, 2.24) is 0 Å². The maximum absolute atomic E-state index is 11.9. The van der Waals surface area contributed by atoms with Gasteiger partial charge in [0.2, 0.25) is 0 Å². The zero-order valence-electron chi connectivity index (χ0n) is 13.0. The highest BCUT2D eigenvalue weighted by atomic mass is 16.6. The standard InChI is InChI=1S/C18H19NO4/c1-21-13-17-11-19(18(20)23-17)15-7-9-16(10-8-15)22-12-14-5-3-2-4-6-14/h2-10,17H,11-13H2,1H3/t17-/m0/s1. The number of cyclic esters (lactones) is 1. The van der Waals surface area contributed by atoms with E-state index in [9.17, 15) is 4.79 Å². The first kappa shape index (κ1) is 15.4. The molecule has 0 aromatic heterocycles. The fourth-order valence-corrected chi connectivity index (χ4v) is 2.47. The van der Waals surface area contributed by atoms with Crippen molar-refractivity contribution in [3.05, 3.63) is 60.2 Å². The number of benzene rings is 2. The lowest BCUT2D eigenvalue weighted by Crippen LogP contribution is -2.25. The molecule has 1 aliphatic rings. The van der Waals surface area contributed by atoms with E-state index in [4.69, 9.17) is 14.2 Å². The maximum Gasteiger partial charge on any atom is 0.414 e. The van der Waals surface area contributed by atoms with Crippen molar-refractivity contribution in [3.8, 4) is 5.75 Å². The Labute approximate surface area is 135 Å². The third kappa shape index (κ3) is 3.81. The van der Waals surface area contributed by atoms with E-state index in [-0.39, 0.29) is 12.2 Å². The normalized spacial score (nSPS) is 17.2. The van der Waals surface area contributed by atoms with Gasteiger partial charge >= 0.3 is 6.09 Å². The zero-order chi connectivity index (χ0) is 16.1. The predicted octanol–water partition coefficient (Wildman–Crippen LogP) is 3.24. The van der Waals surface area contributed by atoms with Gasteiger partial charge in [-0.1, -0.05) is 30.3 Å². The molecule has 2 aromatic carbocycles. The summed E-state index contributed by atoms with van der Waals surface area (Å²) in [6.45, 7) is 1.42. The lowest BCUT2D eigenvalue weighted by Gasteiger charge is -2.14. The minimum atomic E-state index is -0.343. The van der Waals surface area contributed by atoms with Gasteiger partial charge in [0.1, 0.15) is 18.5 Å². The van der Waals surface area contributed by atoms with Crippen LogP contribution in [0.1, 0.15) is 5.56 Å². The first-order valence-electron chi connectivity index (χ1n) is 7.50. The van der Waals surface area contributed by atoms with Gasteiger partial charge in [0.25, 0.3) is 0 Å². The average molecular weight is 313 g/mol. The molecule has 3 rings (SSSR count). The van der Waals surface area contributed by atoms with Crippen LogP contribution in [-0.2, 0) is 16.1 Å². The van der Waals surface area contributed by atoms with Gasteiger partial charge in [-0.2, -0.15) is 0 Å². The molecular weight excluding hydrogens is 294 g/mol. The molecule has 1 saturated heterocycles. The number of amides is 1. The molecule has 1 fully saturated rings. The van der Waals surface area contributed by atoms with E-state index in [2.05, 4.69) is 0 Å². The Bertz CT molecular complexity index is 642. The van der Waals surface area contributed by atoms with Gasteiger partial charge in [-0.15, -0.1) is 0 Å². The molecule has 0 aliphatic carbocycles. The van der Waals surface area contributed by atoms with Crippen molar-refractivity contribution < 1.29 is 19.0 Å². The van der Waals surface area contributed by atoms with Gasteiger partial charge in [0.15, 0.2) is 0 Å². The molecule has 1 amide bonds.